The molecule has 1 aromatic carbocycles. The number of halogens is 1. The van der Waals surface area contributed by atoms with Crippen LogP contribution in [0.2, 0.25) is 0 Å². The van der Waals surface area contributed by atoms with Crippen LogP contribution in [-0.4, -0.2) is 16.7 Å². The van der Waals surface area contributed by atoms with Crippen LogP contribution >= 0.6 is 0 Å². The van der Waals surface area contributed by atoms with Gasteiger partial charge >= 0.3 is 0 Å². The molecule has 0 amide bonds. The van der Waals surface area contributed by atoms with Gasteiger partial charge in [-0.1, -0.05) is 6.07 Å². The summed E-state index contributed by atoms with van der Waals surface area (Å²) in [6, 6.07) is 4.90. The topological polar surface area (TPSA) is 53.1 Å². The highest BCUT2D eigenvalue weighted by Gasteiger charge is 2.04. The maximum Gasteiger partial charge on any atom is 0.165 e. The van der Waals surface area contributed by atoms with Crippen LogP contribution in [0.15, 0.2) is 30.7 Å². The van der Waals surface area contributed by atoms with Crippen molar-refractivity contribution in [2.24, 2.45) is 5.73 Å². The van der Waals surface area contributed by atoms with Gasteiger partial charge in [-0.15, -0.1) is 0 Å². The lowest BCUT2D eigenvalue weighted by Gasteiger charge is -2.05. The Bertz CT molecular complexity index is 510. The largest absolute Gasteiger partial charge is 0.494 e. The number of hydrogen-bond acceptors (Lipinski definition) is 3. The van der Waals surface area contributed by atoms with Gasteiger partial charge in [0.05, 0.1) is 19.1 Å². The van der Waals surface area contributed by atoms with E-state index in [-0.39, 0.29) is 11.6 Å². The van der Waals surface area contributed by atoms with Crippen molar-refractivity contribution in [1.29, 1.82) is 0 Å². The fourth-order valence-corrected chi connectivity index (χ4v) is 1.62. The quantitative estimate of drug-likeness (QED) is 0.874. The SMILES string of the molecule is COc1ccc(Cn2cnc(CN)c2)cc1F. The van der Waals surface area contributed by atoms with Gasteiger partial charge in [0.1, 0.15) is 0 Å². The molecule has 0 radical (unpaired) electrons. The number of nitrogens with two attached hydrogens (primary N) is 1. The summed E-state index contributed by atoms with van der Waals surface area (Å²) in [5.74, 6) is -0.105. The fraction of sp³-hybridized carbons (Fsp3) is 0.250. The summed E-state index contributed by atoms with van der Waals surface area (Å²) in [5, 5.41) is 0. The van der Waals surface area contributed by atoms with Crippen LogP contribution in [0.1, 0.15) is 11.3 Å². The van der Waals surface area contributed by atoms with E-state index in [0.29, 0.717) is 13.1 Å². The number of ether oxygens (including phenoxy) is 1. The number of benzene rings is 1. The third kappa shape index (κ3) is 2.62. The molecule has 0 saturated heterocycles. The zero-order valence-corrected chi connectivity index (χ0v) is 9.56. The Balaban J connectivity index is 2.15. The normalized spacial score (nSPS) is 10.5. The summed E-state index contributed by atoms with van der Waals surface area (Å²) in [6.07, 6.45) is 3.53. The minimum absolute atomic E-state index is 0.252. The molecular formula is C12H14FN3O. The first-order valence-electron chi connectivity index (χ1n) is 5.26. The number of aromatic nitrogens is 2. The highest BCUT2D eigenvalue weighted by Crippen LogP contribution is 2.18. The van der Waals surface area contributed by atoms with Gasteiger partial charge in [0.25, 0.3) is 0 Å². The van der Waals surface area contributed by atoms with E-state index in [1.165, 1.54) is 13.2 Å². The second-order valence-corrected chi connectivity index (χ2v) is 3.71. The lowest BCUT2D eigenvalue weighted by atomic mass is 10.2. The smallest absolute Gasteiger partial charge is 0.165 e. The minimum atomic E-state index is -0.357. The highest BCUT2D eigenvalue weighted by atomic mass is 19.1. The Kier molecular flexibility index (Phi) is 3.39. The van der Waals surface area contributed by atoms with Crippen LogP contribution in [0.4, 0.5) is 4.39 Å². The molecule has 1 aromatic heterocycles. The fourth-order valence-electron chi connectivity index (χ4n) is 1.62. The second-order valence-electron chi connectivity index (χ2n) is 3.71. The van der Waals surface area contributed by atoms with Gasteiger partial charge in [-0.05, 0) is 17.7 Å². The van der Waals surface area contributed by atoms with E-state index < -0.39 is 0 Å². The van der Waals surface area contributed by atoms with Crippen LogP contribution < -0.4 is 10.5 Å². The molecule has 0 aliphatic rings. The molecule has 0 spiro atoms. The van der Waals surface area contributed by atoms with E-state index in [2.05, 4.69) is 4.98 Å². The first-order valence-corrected chi connectivity index (χ1v) is 5.26. The maximum absolute atomic E-state index is 13.5. The Morgan fingerprint density at radius 2 is 2.29 bits per heavy atom. The average Bonchev–Trinajstić information content (AvgIpc) is 2.77. The summed E-state index contributed by atoms with van der Waals surface area (Å²) in [7, 11) is 1.45. The van der Waals surface area contributed by atoms with E-state index in [4.69, 9.17) is 10.5 Å². The molecule has 4 nitrogen and oxygen atoms in total. The van der Waals surface area contributed by atoms with Crippen molar-refractivity contribution < 1.29 is 9.13 Å². The van der Waals surface area contributed by atoms with Gasteiger partial charge in [-0.2, -0.15) is 0 Å². The number of rotatable bonds is 4. The van der Waals surface area contributed by atoms with Crippen LogP contribution in [0, 0.1) is 5.82 Å². The van der Waals surface area contributed by atoms with Gasteiger partial charge in [-0.3, -0.25) is 0 Å². The molecule has 90 valence electrons. The van der Waals surface area contributed by atoms with Crippen molar-refractivity contribution in [3.8, 4) is 5.75 Å². The standard InChI is InChI=1S/C12H14FN3O/c1-17-12-3-2-9(4-11(12)13)6-16-7-10(5-14)15-8-16/h2-4,7-8H,5-6,14H2,1H3. The Morgan fingerprint density at radius 3 is 2.88 bits per heavy atom. The zero-order chi connectivity index (χ0) is 12.3. The van der Waals surface area contributed by atoms with Crippen molar-refractivity contribution in [3.63, 3.8) is 0 Å². The van der Waals surface area contributed by atoms with Gasteiger partial charge in [-0.25, -0.2) is 9.37 Å². The number of hydrogen-bond donors (Lipinski definition) is 1. The summed E-state index contributed by atoms with van der Waals surface area (Å²) >= 11 is 0. The van der Waals surface area contributed by atoms with Crippen molar-refractivity contribution >= 4 is 0 Å². The van der Waals surface area contributed by atoms with Crippen LogP contribution in [0.25, 0.3) is 0 Å². The number of methoxy groups -OCH3 is 1. The molecule has 0 fully saturated rings. The van der Waals surface area contributed by atoms with Crippen molar-refractivity contribution in [2.45, 2.75) is 13.1 Å². The van der Waals surface area contributed by atoms with E-state index >= 15 is 0 Å². The molecule has 0 unspecified atom stereocenters. The van der Waals surface area contributed by atoms with Crippen molar-refractivity contribution in [2.75, 3.05) is 7.11 Å². The minimum Gasteiger partial charge on any atom is -0.494 e. The average molecular weight is 235 g/mol. The molecule has 0 aliphatic carbocycles. The lowest BCUT2D eigenvalue weighted by Crippen LogP contribution is -1.99. The molecule has 2 aromatic rings. The number of nitrogens with zero attached hydrogens (tertiary/aromatic N) is 2. The van der Waals surface area contributed by atoms with E-state index in [9.17, 15) is 4.39 Å². The molecule has 2 N–H and O–H groups in total. The zero-order valence-electron chi connectivity index (χ0n) is 9.56. The lowest BCUT2D eigenvalue weighted by molar-refractivity contribution is 0.386. The van der Waals surface area contributed by atoms with E-state index in [1.54, 1.807) is 12.4 Å². The molecule has 17 heavy (non-hydrogen) atoms. The first kappa shape index (κ1) is 11.6. The van der Waals surface area contributed by atoms with Gasteiger partial charge in [0.15, 0.2) is 11.6 Å². The van der Waals surface area contributed by atoms with Crippen LogP contribution in [-0.2, 0) is 13.1 Å². The predicted octanol–water partition coefficient (Wildman–Crippen LogP) is 1.54. The first-order chi connectivity index (χ1) is 8.22. The molecule has 0 saturated carbocycles. The third-order valence-corrected chi connectivity index (χ3v) is 2.48. The van der Waals surface area contributed by atoms with E-state index in [1.807, 2.05) is 16.8 Å². The van der Waals surface area contributed by atoms with E-state index in [0.717, 1.165) is 11.3 Å². The maximum atomic E-state index is 13.5. The summed E-state index contributed by atoms with van der Waals surface area (Å²) in [4.78, 5) is 4.11. The summed E-state index contributed by atoms with van der Waals surface area (Å²) in [6.45, 7) is 0.970. The Morgan fingerprint density at radius 1 is 1.47 bits per heavy atom. The highest BCUT2D eigenvalue weighted by molar-refractivity contribution is 5.29. The van der Waals surface area contributed by atoms with Crippen molar-refractivity contribution in [3.05, 3.63) is 47.8 Å². The number of imidazole rings is 1. The monoisotopic (exact) mass is 235 g/mol. The second kappa shape index (κ2) is 4.97. The van der Waals surface area contributed by atoms with Gasteiger partial charge < -0.3 is 15.0 Å². The molecule has 0 aliphatic heterocycles. The van der Waals surface area contributed by atoms with Gasteiger partial charge in [0, 0.05) is 19.3 Å². The third-order valence-electron chi connectivity index (χ3n) is 2.48. The molecular weight excluding hydrogens is 221 g/mol. The van der Waals surface area contributed by atoms with Crippen LogP contribution in [0.3, 0.4) is 0 Å². The Labute approximate surface area is 98.8 Å². The summed E-state index contributed by atoms with van der Waals surface area (Å²) < 4.78 is 20.2. The molecule has 2 rings (SSSR count). The molecule has 0 atom stereocenters. The van der Waals surface area contributed by atoms with Crippen LogP contribution in [0.5, 0.6) is 5.75 Å². The predicted molar refractivity (Wildman–Crippen MR) is 62.2 cm³/mol. The molecule has 1 heterocycles. The van der Waals surface area contributed by atoms with Gasteiger partial charge in [0.2, 0.25) is 0 Å². The summed E-state index contributed by atoms with van der Waals surface area (Å²) in [5.41, 5.74) is 7.14. The van der Waals surface area contributed by atoms with Crippen molar-refractivity contribution in [1.82, 2.24) is 9.55 Å². The molecule has 5 heteroatoms. The molecule has 0 bridgehead atoms. The Hall–Kier alpha value is -1.88.